The zero-order valence-corrected chi connectivity index (χ0v) is 10.7. The first kappa shape index (κ1) is 14.2. The number of aliphatic carboxylic acids is 2. The van der Waals surface area contributed by atoms with E-state index in [0.717, 1.165) is 0 Å². The molecule has 4 N–H and O–H groups in total. The number of carboxylic acids is 2. The first-order chi connectivity index (χ1) is 4.46. The summed E-state index contributed by atoms with van der Waals surface area (Å²) < 4.78 is 0. The Bertz CT molecular complexity index is 139. The Morgan fingerprint density at radius 1 is 0.909 bits per heavy atom. The predicted molar refractivity (Wildman–Crippen MR) is 33.0 cm³/mol. The summed E-state index contributed by atoms with van der Waals surface area (Å²) in [6.45, 7) is 0. The number of carbonyl (C=O) groups is 2. The van der Waals surface area contributed by atoms with Crippen molar-refractivity contribution in [2.24, 2.45) is 0 Å². The van der Waals surface area contributed by atoms with Gasteiger partial charge in [0.05, 0.1) is 0 Å². The summed E-state index contributed by atoms with van der Waals surface area (Å²) in [6, 6.07) is 0. The maximum atomic E-state index is 9.77. The molecule has 6 nitrogen and oxygen atoms in total. The molecule has 0 aliphatic rings. The molecule has 0 aromatic heterocycles. The van der Waals surface area contributed by atoms with E-state index in [-0.39, 0.29) is 58.2 Å². The standard InChI is InChI=1S/C4H6O6.Rb/c5-1(3(7)8)2(6)4(9)10;/h1-2,5-6H,(H,7,8)(H,9,10);. The Hall–Kier alpha value is 0.665. The third-order valence-electron chi connectivity index (χ3n) is 0.805. The molecule has 2 atom stereocenters. The quantitative estimate of drug-likeness (QED) is 0.430. The first-order valence-corrected chi connectivity index (χ1v) is 2.28. The first-order valence-electron chi connectivity index (χ1n) is 2.28. The topological polar surface area (TPSA) is 115 Å². The van der Waals surface area contributed by atoms with Crippen LogP contribution in [0.3, 0.4) is 0 Å². The van der Waals surface area contributed by atoms with Gasteiger partial charge in [0, 0.05) is 58.2 Å². The Morgan fingerprint density at radius 3 is 1.18 bits per heavy atom. The number of aliphatic hydroxyl groups excluding tert-OH is 2. The van der Waals surface area contributed by atoms with Crippen LogP contribution in [0.1, 0.15) is 0 Å². The second-order valence-electron chi connectivity index (χ2n) is 1.57. The van der Waals surface area contributed by atoms with Gasteiger partial charge in [-0.3, -0.25) is 0 Å². The van der Waals surface area contributed by atoms with E-state index in [9.17, 15) is 9.59 Å². The van der Waals surface area contributed by atoms with Crippen molar-refractivity contribution in [3.05, 3.63) is 0 Å². The molecule has 0 aromatic rings. The molecular formula is C4H6O6Rb. The van der Waals surface area contributed by atoms with Gasteiger partial charge in [-0.2, -0.15) is 0 Å². The Kier molecular flexibility index (Phi) is 8.02. The summed E-state index contributed by atoms with van der Waals surface area (Å²) in [4.78, 5) is 19.5. The number of hydrogen-bond acceptors (Lipinski definition) is 4. The van der Waals surface area contributed by atoms with Crippen molar-refractivity contribution in [1.29, 1.82) is 0 Å². The summed E-state index contributed by atoms with van der Waals surface area (Å²) in [5.41, 5.74) is 0. The average molecular weight is 236 g/mol. The fourth-order valence-corrected chi connectivity index (χ4v) is 0.270. The van der Waals surface area contributed by atoms with E-state index >= 15 is 0 Å². The van der Waals surface area contributed by atoms with E-state index in [4.69, 9.17) is 20.4 Å². The number of rotatable bonds is 3. The molecular weight excluding hydrogens is 230 g/mol. The van der Waals surface area contributed by atoms with Crippen molar-refractivity contribution in [2.45, 2.75) is 12.2 Å². The molecule has 0 amide bonds. The third kappa shape index (κ3) is 4.99. The molecule has 0 saturated heterocycles. The molecule has 11 heavy (non-hydrogen) atoms. The van der Waals surface area contributed by atoms with Crippen LogP contribution in [0.4, 0.5) is 0 Å². The average Bonchev–Trinajstić information content (AvgIpc) is 1.84. The zero-order valence-electron chi connectivity index (χ0n) is 5.76. The minimum absolute atomic E-state index is 0. The maximum Gasteiger partial charge on any atom is 0.335 e. The van der Waals surface area contributed by atoms with E-state index in [2.05, 4.69) is 0 Å². The Morgan fingerprint density at radius 2 is 1.09 bits per heavy atom. The summed E-state index contributed by atoms with van der Waals surface area (Å²) in [5, 5.41) is 32.5. The fourth-order valence-electron chi connectivity index (χ4n) is 0.270. The molecule has 0 aliphatic heterocycles. The van der Waals surface area contributed by atoms with Gasteiger partial charge in [-0.25, -0.2) is 9.59 Å². The SMILES string of the molecule is O=C(O)C(O)C(O)C(=O)O.[Rb]. The third-order valence-corrected chi connectivity index (χ3v) is 0.805. The summed E-state index contributed by atoms with van der Waals surface area (Å²) in [7, 11) is 0. The smallest absolute Gasteiger partial charge is 0.335 e. The molecule has 1 radical (unpaired) electrons. The van der Waals surface area contributed by atoms with Crippen molar-refractivity contribution in [1.82, 2.24) is 0 Å². The second kappa shape index (κ2) is 6.21. The van der Waals surface area contributed by atoms with Gasteiger partial charge in [0.25, 0.3) is 0 Å². The van der Waals surface area contributed by atoms with E-state index < -0.39 is 24.1 Å². The molecule has 2 unspecified atom stereocenters. The van der Waals surface area contributed by atoms with Crippen LogP contribution in [-0.4, -0.2) is 103 Å². The van der Waals surface area contributed by atoms with Gasteiger partial charge in [-0.05, 0) is 0 Å². The van der Waals surface area contributed by atoms with Crippen molar-refractivity contribution in [2.75, 3.05) is 0 Å². The van der Waals surface area contributed by atoms with Crippen LogP contribution in [0.5, 0.6) is 0 Å². The van der Waals surface area contributed by atoms with Crippen LogP contribution in [0.25, 0.3) is 0 Å². The number of aliphatic hydroxyl groups is 2. The minimum Gasteiger partial charge on any atom is -0.479 e. The van der Waals surface area contributed by atoms with E-state index in [1.807, 2.05) is 0 Å². The van der Waals surface area contributed by atoms with Crippen LogP contribution >= 0.6 is 0 Å². The van der Waals surface area contributed by atoms with E-state index in [1.54, 1.807) is 0 Å². The van der Waals surface area contributed by atoms with Crippen molar-refractivity contribution >= 4 is 70.1 Å². The van der Waals surface area contributed by atoms with E-state index in [0.29, 0.717) is 0 Å². The monoisotopic (exact) mass is 235 g/mol. The van der Waals surface area contributed by atoms with E-state index in [1.165, 1.54) is 0 Å². The molecule has 59 valence electrons. The minimum atomic E-state index is -2.27. The molecule has 0 bridgehead atoms. The van der Waals surface area contributed by atoms with Gasteiger partial charge >= 0.3 is 11.9 Å². The van der Waals surface area contributed by atoms with Crippen molar-refractivity contribution in [3.63, 3.8) is 0 Å². The molecule has 0 rings (SSSR count). The molecule has 0 saturated carbocycles. The van der Waals surface area contributed by atoms with Crippen molar-refractivity contribution in [3.8, 4) is 0 Å². The summed E-state index contributed by atoms with van der Waals surface area (Å²) >= 11 is 0. The molecule has 0 aromatic carbocycles. The Balaban J connectivity index is 0. The predicted octanol–water partition coefficient (Wildman–Crippen LogP) is -2.50. The van der Waals surface area contributed by atoms with Gasteiger partial charge in [0.15, 0.2) is 12.2 Å². The molecule has 0 spiro atoms. The van der Waals surface area contributed by atoms with Crippen LogP contribution in [0.2, 0.25) is 0 Å². The molecule has 7 heteroatoms. The van der Waals surface area contributed by atoms with Gasteiger partial charge in [-0.15, -0.1) is 0 Å². The second-order valence-corrected chi connectivity index (χ2v) is 1.57. The number of carboxylic acid groups (broad SMARTS) is 2. The fraction of sp³-hybridized carbons (Fsp3) is 0.500. The summed E-state index contributed by atoms with van der Waals surface area (Å²) in [5.74, 6) is -3.54. The van der Waals surface area contributed by atoms with Crippen LogP contribution in [0, 0.1) is 0 Å². The molecule has 0 fully saturated rings. The number of hydrogen-bond donors (Lipinski definition) is 4. The Labute approximate surface area is 111 Å². The zero-order chi connectivity index (χ0) is 8.31. The van der Waals surface area contributed by atoms with Gasteiger partial charge in [-0.1, -0.05) is 0 Å². The molecule has 0 aliphatic carbocycles. The van der Waals surface area contributed by atoms with Gasteiger partial charge in [0.2, 0.25) is 0 Å². The van der Waals surface area contributed by atoms with Crippen LogP contribution in [0.15, 0.2) is 0 Å². The summed E-state index contributed by atoms with van der Waals surface area (Å²) in [6.07, 6.45) is -4.53. The van der Waals surface area contributed by atoms with Gasteiger partial charge in [0.1, 0.15) is 0 Å². The normalized spacial score (nSPS) is 14.4. The van der Waals surface area contributed by atoms with Crippen LogP contribution in [-0.2, 0) is 9.59 Å². The van der Waals surface area contributed by atoms with Gasteiger partial charge < -0.3 is 20.4 Å². The van der Waals surface area contributed by atoms with Crippen LogP contribution < -0.4 is 0 Å². The maximum absolute atomic E-state index is 9.77. The van der Waals surface area contributed by atoms with Crippen molar-refractivity contribution < 1.29 is 30.0 Å². The molecule has 0 heterocycles. The largest absolute Gasteiger partial charge is 0.479 e.